The zero-order chi connectivity index (χ0) is 18.8. The molecule has 0 aliphatic carbocycles. The van der Waals surface area contributed by atoms with Crippen LogP contribution in [0.4, 0.5) is 0 Å². The average Bonchev–Trinajstić information content (AvgIpc) is 3.05. The van der Waals surface area contributed by atoms with Gasteiger partial charge >= 0.3 is 0 Å². The van der Waals surface area contributed by atoms with Crippen LogP contribution in [0.5, 0.6) is 0 Å². The van der Waals surface area contributed by atoms with Crippen molar-refractivity contribution in [3.8, 4) is 6.07 Å². The first-order chi connectivity index (χ1) is 13.2. The van der Waals surface area contributed by atoms with Gasteiger partial charge in [0.25, 0.3) is 0 Å². The quantitative estimate of drug-likeness (QED) is 0.693. The molecule has 0 amide bonds. The van der Waals surface area contributed by atoms with Crippen molar-refractivity contribution in [3.05, 3.63) is 65.4 Å². The molecule has 0 unspecified atom stereocenters. The lowest BCUT2D eigenvalue weighted by atomic mass is 9.90. The molecule has 0 N–H and O–H groups in total. The number of likely N-dealkylation sites (tertiary alicyclic amines) is 1. The number of hydrogen-bond acceptors (Lipinski definition) is 4. The molecule has 3 aromatic heterocycles. The Labute approximate surface area is 160 Å². The van der Waals surface area contributed by atoms with Gasteiger partial charge < -0.3 is 4.40 Å². The van der Waals surface area contributed by atoms with Gasteiger partial charge in [-0.2, -0.15) is 5.26 Å². The molecule has 4 rings (SSSR count). The molecule has 2 atom stereocenters. The van der Waals surface area contributed by atoms with E-state index in [1.807, 2.05) is 30.5 Å². The summed E-state index contributed by atoms with van der Waals surface area (Å²) >= 11 is 0. The third-order valence-electron chi connectivity index (χ3n) is 5.75. The Morgan fingerprint density at radius 1 is 1.15 bits per heavy atom. The maximum absolute atomic E-state index is 9.11. The topological polar surface area (TPSA) is 57.2 Å². The minimum absolute atomic E-state index is 0.249. The maximum atomic E-state index is 9.11. The van der Waals surface area contributed by atoms with Crippen molar-refractivity contribution >= 4 is 5.65 Å². The molecular formula is C22H25N5. The van der Waals surface area contributed by atoms with E-state index >= 15 is 0 Å². The van der Waals surface area contributed by atoms with Gasteiger partial charge in [0.05, 0.1) is 29.5 Å². The number of nitrogens with zero attached hydrogens (tertiary/aromatic N) is 5. The van der Waals surface area contributed by atoms with Crippen LogP contribution in [0.25, 0.3) is 5.65 Å². The molecule has 3 aromatic rings. The molecule has 4 heterocycles. The molecule has 0 radical (unpaired) electrons. The SMILES string of the molecule is Cc1cccnc1[C@@H]1CCC[C@H](c2nc3ccccn3c2CCC#N)N1C. The lowest BCUT2D eigenvalue weighted by molar-refractivity contribution is 0.109. The summed E-state index contributed by atoms with van der Waals surface area (Å²) in [6.45, 7) is 2.14. The second-order valence-corrected chi connectivity index (χ2v) is 7.36. The molecule has 5 heteroatoms. The van der Waals surface area contributed by atoms with Crippen LogP contribution in [0, 0.1) is 18.3 Å². The van der Waals surface area contributed by atoms with Crippen LogP contribution >= 0.6 is 0 Å². The van der Waals surface area contributed by atoms with E-state index < -0.39 is 0 Å². The monoisotopic (exact) mass is 359 g/mol. The largest absolute Gasteiger partial charge is 0.304 e. The molecule has 1 fully saturated rings. The Kier molecular flexibility index (Phi) is 4.91. The van der Waals surface area contributed by atoms with Gasteiger partial charge in [0, 0.05) is 30.9 Å². The number of aromatic nitrogens is 3. The molecular weight excluding hydrogens is 334 g/mol. The number of rotatable bonds is 4. The minimum Gasteiger partial charge on any atom is -0.304 e. The van der Waals surface area contributed by atoms with E-state index in [4.69, 9.17) is 10.2 Å². The Morgan fingerprint density at radius 3 is 2.74 bits per heavy atom. The van der Waals surface area contributed by atoms with Crippen molar-refractivity contribution in [2.45, 2.75) is 51.1 Å². The Balaban J connectivity index is 1.74. The summed E-state index contributed by atoms with van der Waals surface area (Å²) in [5, 5.41) is 9.11. The van der Waals surface area contributed by atoms with E-state index in [1.165, 1.54) is 17.0 Å². The fraction of sp³-hybridized carbons (Fsp3) is 0.409. The summed E-state index contributed by atoms with van der Waals surface area (Å²) in [5.74, 6) is 0. The molecule has 5 nitrogen and oxygen atoms in total. The number of imidazole rings is 1. The van der Waals surface area contributed by atoms with Gasteiger partial charge in [-0.05, 0) is 57.0 Å². The number of hydrogen-bond donors (Lipinski definition) is 0. The van der Waals surface area contributed by atoms with E-state index in [0.717, 1.165) is 37.0 Å². The summed E-state index contributed by atoms with van der Waals surface area (Å²) in [6, 6.07) is 13.1. The number of nitriles is 1. The average molecular weight is 359 g/mol. The van der Waals surface area contributed by atoms with Crippen molar-refractivity contribution in [1.82, 2.24) is 19.3 Å². The Hall–Kier alpha value is -2.71. The number of aryl methyl sites for hydroxylation is 2. The summed E-state index contributed by atoms with van der Waals surface area (Å²) < 4.78 is 2.15. The summed E-state index contributed by atoms with van der Waals surface area (Å²) in [5.41, 5.74) is 5.67. The summed E-state index contributed by atoms with van der Waals surface area (Å²) in [4.78, 5) is 12.1. The molecule has 1 aliphatic rings. The standard InChI is InChI=1S/C22H25N5/c1-16-8-7-14-24-21(16)17-9-5-10-18(26(17)2)22-19(11-6-13-23)27-15-4-3-12-20(27)25-22/h3-4,7-8,12,14-15,17-18H,5-6,9-11H2,1-2H3/t17-,18+/m0/s1. The van der Waals surface area contributed by atoms with E-state index in [2.05, 4.69) is 46.6 Å². The Bertz CT molecular complexity index is 984. The van der Waals surface area contributed by atoms with Crippen molar-refractivity contribution in [1.29, 1.82) is 5.26 Å². The maximum Gasteiger partial charge on any atom is 0.137 e. The van der Waals surface area contributed by atoms with Crippen LogP contribution in [0.3, 0.4) is 0 Å². The first-order valence-electron chi connectivity index (χ1n) is 9.67. The molecule has 1 aliphatic heterocycles. The van der Waals surface area contributed by atoms with Crippen LogP contribution < -0.4 is 0 Å². The highest BCUT2D eigenvalue weighted by Gasteiger charge is 2.34. The Morgan fingerprint density at radius 2 is 1.96 bits per heavy atom. The van der Waals surface area contributed by atoms with E-state index in [-0.39, 0.29) is 6.04 Å². The van der Waals surface area contributed by atoms with Crippen LogP contribution in [-0.2, 0) is 6.42 Å². The van der Waals surface area contributed by atoms with Gasteiger partial charge in [0.1, 0.15) is 5.65 Å². The zero-order valence-corrected chi connectivity index (χ0v) is 16.0. The molecule has 1 saturated heterocycles. The minimum atomic E-state index is 0.249. The lowest BCUT2D eigenvalue weighted by Crippen LogP contribution is -2.34. The predicted octanol–water partition coefficient (Wildman–Crippen LogP) is 4.39. The first kappa shape index (κ1) is 17.7. The van der Waals surface area contributed by atoms with Crippen LogP contribution in [0.15, 0.2) is 42.7 Å². The van der Waals surface area contributed by atoms with Crippen LogP contribution in [-0.4, -0.2) is 26.3 Å². The zero-order valence-electron chi connectivity index (χ0n) is 16.0. The highest BCUT2D eigenvalue weighted by molar-refractivity contribution is 5.44. The third-order valence-corrected chi connectivity index (χ3v) is 5.75. The molecule has 0 bridgehead atoms. The van der Waals surface area contributed by atoms with Crippen LogP contribution in [0.1, 0.15) is 60.4 Å². The second kappa shape index (κ2) is 7.50. The predicted molar refractivity (Wildman–Crippen MR) is 105 cm³/mol. The van der Waals surface area contributed by atoms with E-state index in [0.29, 0.717) is 12.5 Å². The molecule has 138 valence electrons. The highest BCUT2D eigenvalue weighted by atomic mass is 15.2. The molecule has 0 spiro atoms. The number of piperidine rings is 1. The number of pyridine rings is 2. The third kappa shape index (κ3) is 3.22. The van der Waals surface area contributed by atoms with Gasteiger partial charge in [0.15, 0.2) is 0 Å². The fourth-order valence-electron chi connectivity index (χ4n) is 4.39. The van der Waals surface area contributed by atoms with Crippen molar-refractivity contribution in [2.75, 3.05) is 7.05 Å². The molecule has 0 saturated carbocycles. The van der Waals surface area contributed by atoms with E-state index in [9.17, 15) is 0 Å². The van der Waals surface area contributed by atoms with Crippen molar-refractivity contribution in [3.63, 3.8) is 0 Å². The summed E-state index contributed by atoms with van der Waals surface area (Å²) in [6.07, 6.45) is 8.55. The van der Waals surface area contributed by atoms with Gasteiger partial charge in [-0.1, -0.05) is 12.1 Å². The smallest absolute Gasteiger partial charge is 0.137 e. The van der Waals surface area contributed by atoms with Crippen molar-refractivity contribution in [2.24, 2.45) is 0 Å². The molecule has 0 aromatic carbocycles. The van der Waals surface area contributed by atoms with Gasteiger partial charge in [-0.25, -0.2) is 4.98 Å². The van der Waals surface area contributed by atoms with Gasteiger partial charge in [-0.15, -0.1) is 0 Å². The summed E-state index contributed by atoms with van der Waals surface area (Å²) in [7, 11) is 2.20. The van der Waals surface area contributed by atoms with Crippen LogP contribution in [0.2, 0.25) is 0 Å². The fourth-order valence-corrected chi connectivity index (χ4v) is 4.39. The normalized spacial score (nSPS) is 20.6. The van der Waals surface area contributed by atoms with Gasteiger partial charge in [-0.3, -0.25) is 9.88 Å². The highest BCUT2D eigenvalue weighted by Crippen LogP contribution is 2.41. The second-order valence-electron chi connectivity index (χ2n) is 7.36. The lowest BCUT2D eigenvalue weighted by Gasteiger charge is -2.39. The number of fused-ring (bicyclic) bond motifs is 1. The van der Waals surface area contributed by atoms with Crippen molar-refractivity contribution < 1.29 is 0 Å². The molecule has 27 heavy (non-hydrogen) atoms. The van der Waals surface area contributed by atoms with E-state index in [1.54, 1.807) is 0 Å². The van der Waals surface area contributed by atoms with Gasteiger partial charge in [0.2, 0.25) is 0 Å². The first-order valence-corrected chi connectivity index (χ1v) is 9.67.